The number of rotatable bonds is 7. The Morgan fingerprint density at radius 2 is 1.73 bits per heavy atom. The standard InChI is InChI=1S/C21H27N3O6/c1-3-30-16-9-8-13(12-17(16)29-2)19(26)23-22-18(25)10-11-24-20(27)14-6-4-5-7-15(14)21(24)28/h8-9,12,14-15H,3-7,10-11H2,1-2H3,(H,22,25)(H,23,26)/t14-,15-/m1/s1. The molecule has 30 heavy (non-hydrogen) atoms. The van der Waals surface area contributed by atoms with Gasteiger partial charge in [0.05, 0.1) is 25.6 Å². The van der Waals surface area contributed by atoms with E-state index in [2.05, 4.69) is 10.9 Å². The van der Waals surface area contributed by atoms with E-state index in [1.165, 1.54) is 18.1 Å². The number of carbonyl (C=O) groups excluding carboxylic acids is 4. The zero-order valence-corrected chi connectivity index (χ0v) is 17.2. The van der Waals surface area contributed by atoms with Crippen LogP contribution in [0.5, 0.6) is 11.5 Å². The van der Waals surface area contributed by atoms with Gasteiger partial charge in [-0.05, 0) is 38.0 Å². The van der Waals surface area contributed by atoms with Crippen LogP contribution in [0.2, 0.25) is 0 Å². The highest BCUT2D eigenvalue weighted by atomic mass is 16.5. The lowest BCUT2D eigenvalue weighted by Crippen LogP contribution is -2.43. The number of hydrazine groups is 1. The number of carbonyl (C=O) groups is 4. The average molecular weight is 417 g/mol. The van der Waals surface area contributed by atoms with E-state index in [9.17, 15) is 19.2 Å². The van der Waals surface area contributed by atoms with E-state index >= 15 is 0 Å². The predicted molar refractivity (Wildman–Crippen MR) is 107 cm³/mol. The fraction of sp³-hybridized carbons (Fsp3) is 0.524. The van der Waals surface area contributed by atoms with Crippen LogP contribution in [-0.4, -0.2) is 48.8 Å². The molecule has 2 N–H and O–H groups in total. The van der Waals surface area contributed by atoms with Crippen LogP contribution in [-0.2, 0) is 14.4 Å². The smallest absolute Gasteiger partial charge is 0.269 e. The number of nitrogens with zero attached hydrogens (tertiary/aromatic N) is 1. The van der Waals surface area contributed by atoms with Crippen molar-refractivity contribution < 1.29 is 28.7 Å². The molecule has 2 atom stereocenters. The van der Waals surface area contributed by atoms with Crippen molar-refractivity contribution in [1.82, 2.24) is 15.8 Å². The number of fused-ring (bicyclic) bond motifs is 1. The molecule has 1 heterocycles. The van der Waals surface area contributed by atoms with Crippen LogP contribution in [0.25, 0.3) is 0 Å². The van der Waals surface area contributed by atoms with Gasteiger partial charge in [-0.1, -0.05) is 12.8 Å². The Kier molecular flexibility index (Phi) is 6.91. The molecule has 0 radical (unpaired) electrons. The van der Waals surface area contributed by atoms with Crippen molar-refractivity contribution in [3.8, 4) is 11.5 Å². The van der Waals surface area contributed by atoms with Gasteiger partial charge in [0.1, 0.15) is 0 Å². The molecule has 162 valence electrons. The first kappa shape index (κ1) is 21.6. The highest BCUT2D eigenvalue weighted by Crippen LogP contribution is 2.37. The second kappa shape index (κ2) is 9.60. The maximum absolute atomic E-state index is 12.4. The van der Waals surface area contributed by atoms with Gasteiger partial charge in [0.2, 0.25) is 17.7 Å². The zero-order chi connectivity index (χ0) is 21.7. The molecule has 9 heteroatoms. The van der Waals surface area contributed by atoms with Gasteiger partial charge in [0.15, 0.2) is 11.5 Å². The number of likely N-dealkylation sites (tertiary alicyclic amines) is 1. The molecule has 2 fully saturated rings. The molecule has 0 unspecified atom stereocenters. The monoisotopic (exact) mass is 417 g/mol. The largest absolute Gasteiger partial charge is 0.493 e. The summed E-state index contributed by atoms with van der Waals surface area (Å²) in [4.78, 5) is 50.4. The number of hydrogen-bond donors (Lipinski definition) is 2. The van der Waals surface area contributed by atoms with Gasteiger partial charge in [0.25, 0.3) is 5.91 Å². The van der Waals surface area contributed by atoms with Crippen LogP contribution in [0.1, 0.15) is 49.4 Å². The first-order chi connectivity index (χ1) is 14.5. The van der Waals surface area contributed by atoms with E-state index in [1.807, 2.05) is 6.92 Å². The molecule has 1 aliphatic carbocycles. The van der Waals surface area contributed by atoms with Crippen molar-refractivity contribution in [3.05, 3.63) is 23.8 Å². The number of imide groups is 1. The summed E-state index contributed by atoms with van der Waals surface area (Å²) in [5.41, 5.74) is 4.92. The summed E-state index contributed by atoms with van der Waals surface area (Å²) in [7, 11) is 1.47. The lowest BCUT2D eigenvalue weighted by molar-refractivity contribution is -0.140. The number of amides is 4. The lowest BCUT2D eigenvalue weighted by Gasteiger charge is -2.19. The Labute approximate surface area is 175 Å². The molecule has 1 saturated heterocycles. The molecule has 1 aromatic rings. The Balaban J connectivity index is 1.49. The minimum absolute atomic E-state index is 0.0171. The Morgan fingerprint density at radius 3 is 2.33 bits per heavy atom. The van der Waals surface area contributed by atoms with Crippen molar-refractivity contribution in [1.29, 1.82) is 0 Å². The van der Waals surface area contributed by atoms with Crippen molar-refractivity contribution in [3.63, 3.8) is 0 Å². The quantitative estimate of drug-likeness (QED) is 0.512. The van der Waals surface area contributed by atoms with Crippen LogP contribution in [0.4, 0.5) is 0 Å². The molecule has 0 spiro atoms. The highest BCUT2D eigenvalue weighted by Gasteiger charge is 2.47. The summed E-state index contributed by atoms with van der Waals surface area (Å²) in [6.07, 6.45) is 3.30. The Bertz CT molecular complexity index is 816. The molecule has 9 nitrogen and oxygen atoms in total. The zero-order valence-electron chi connectivity index (χ0n) is 17.2. The van der Waals surface area contributed by atoms with Crippen molar-refractivity contribution in [2.45, 2.75) is 39.0 Å². The van der Waals surface area contributed by atoms with Gasteiger partial charge in [0, 0.05) is 18.5 Å². The summed E-state index contributed by atoms with van der Waals surface area (Å²) in [6, 6.07) is 4.68. The number of benzene rings is 1. The summed E-state index contributed by atoms with van der Waals surface area (Å²) >= 11 is 0. The topological polar surface area (TPSA) is 114 Å². The van der Waals surface area contributed by atoms with Gasteiger partial charge in [-0.15, -0.1) is 0 Å². The predicted octanol–water partition coefficient (Wildman–Crippen LogP) is 1.42. The Hall–Kier alpha value is -3.10. The summed E-state index contributed by atoms with van der Waals surface area (Å²) in [5.74, 6) is -0.913. The van der Waals surface area contributed by atoms with Crippen LogP contribution >= 0.6 is 0 Å². The normalized spacial score (nSPS) is 20.5. The molecule has 3 rings (SSSR count). The van der Waals surface area contributed by atoms with Gasteiger partial charge >= 0.3 is 0 Å². The second-order valence-electron chi connectivity index (χ2n) is 7.38. The van der Waals surface area contributed by atoms with Crippen LogP contribution in [0, 0.1) is 11.8 Å². The van der Waals surface area contributed by atoms with Crippen molar-refractivity contribution in [2.75, 3.05) is 20.3 Å². The van der Waals surface area contributed by atoms with E-state index < -0.39 is 11.8 Å². The first-order valence-corrected chi connectivity index (χ1v) is 10.2. The maximum Gasteiger partial charge on any atom is 0.269 e. The SMILES string of the molecule is CCOc1ccc(C(=O)NNC(=O)CCN2C(=O)[C@@H]3CCCC[C@H]3C2=O)cc1OC. The Morgan fingerprint density at radius 1 is 1.07 bits per heavy atom. The van der Waals surface area contributed by atoms with Crippen molar-refractivity contribution >= 4 is 23.6 Å². The molecule has 1 aliphatic heterocycles. The van der Waals surface area contributed by atoms with Crippen LogP contribution in [0.3, 0.4) is 0 Å². The van der Waals surface area contributed by atoms with E-state index in [0.717, 1.165) is 25.7 Å². The van der Waals surface area contributed by atoms with Crippen LogP contribution < -0.4 is 20.3 Å². The second-order valence-corrected chi connectivity index (χ2v) is 7.38. The highest BCUT2D eigenvalue weighted by molar-refractivity contribution is 6.05. The molecule has 2 aliphatic rings. The third kappa shape index (κ3) is 4.55. The number of nitrogens with one attached hydrogen (secondary N) is 2. The first-order valence-electron chi connectivity index (χ1n) is 10.2. The minimum atomic E-state index is -0.524. The number of ether oxygens (including phenoxy) is 2. The molecular formula is C21H27N3O6. The molecule has 1 aromatic carbocycles. The molecule has 0 aromatic heterocycles. The fourth-order valence-electron chi connectivity index (χ4n) is 4.01. The van der Waals surface area contributed by atoms with Gasteiger partial charge < -0.3 is 9.47 Å². The van der Waals surface area contributed by atoms with E-state index in [4.69, 9.17) is 9.47 Å². The number of methoxy groups -OCH3 is 1. The molecule has 4 amide bonds. The third-order valence-corrected chi connectivity index (χ3v) is 5.54. The van der Waals surface area contributed by atoms with E-state index in [0.29, 0.717) is 18.1 Å². The fourth-order valence-corrected chi connectivity index (χ4v) is 4.01. The summed E-state index contributed by atoms with van der Waals surface area (Å²) < 4.78 is 10.6. The summed E-state index contributed by atoms with van der Waals surface area (Å²) in [5, 5.41) is 0. The average Bonchev–Trinajstić information content (AvgIpc) is 3.01. The van der Waals surface area contributed by atoms with Gasteiger partial charge in [-0.3, -0.25) is 34.9 Å². The van der Waals surface area contributed by atoms with Gasteiger partial charge in [-0.25, -0.2) is 0 Å². The minimum Gasteiger partial charge on any atom is -0.493 e. The van der Waals surface area contributed by atoms with Crippen LogP contribution in [0.15, 0.2) is 18.2 Å². The van der Waals surface area contributed by atoms with Gasteiger partial charge in [-0.2, -0.15) is 0 Å². The van der Waals surface area contributed by atoms with Crippen molar-refractivity contribution in [2.24, 2.45) is 11.8 Å². The molecule has 1 saturated carbocycles. The van der Waals surface area contributed by atoms with E-state index in [1.54, 1.807) is 12.1 Å². The molecular weight excluding hydrogens is 390 g/mol. The number of hydrogen-bond acceptors (Lipinski definition) is 6. The lowest BCUT2D eigenvalue weighted by atomic mass is 9.81. The molecule has 0 bridgehead atoms. The van der Waals surface area contributed by atoms with E-state index in [-0.39, 0.29) is 42.2 Å². The maximum atomic E-state index is 12.4. The summed E-state index contributed by atoms with van der Waals surface area (Å²) in [6.45, 7) is 2.32. The third-order valence-electron chi connectivity index (χ3n) is 5.54.